The third-order valence-corrected chi connectivity index (χ3v) is 3.78. The summed E-state index contributed by atoms with van der Waals surface area (Å²) in [5.41, 5.74) is 9.16. The molecule has 1 aromatic heterocycles. The van der Waals surface area contributed by atoms with E-state index in [-0.39, 0.29) is 5.56 Å². The number of nitrogen functional groups attached to an aromatic ring is 1. The van der Waals surface area contributed by atoms with Crippen molar-refractivity contribution in [1.82, 2.24) is 9.55 Å². The first-order valence-electron chi connectivity index (χ1n) is 6.56. The molecule has 1 heterocycles. The van der Waals surface area contributed by atoms with E-state index in [1.165, 1.54) is 0 Å². The van der Waals surface area contributed by atoms with Gasteiger partial charge in [-0.05, 0) is 42.8 Å². The van der Waals surface area contributed by atoms with Crippen molar-refractivity contribution in [1.29, 1.82) is 0 Å². The van der Waals surface area contributed by atoms with E-state index in [0.717, 1.165) is 16.6 Å². The van der Waals surface area contributed by atoms with Gasteiger partial charge in [0.25, 0.3) is 5.56 Å². The van der Waals surface area contributed by atoms with Gasteiger partial charge in [0.1, 0.15) is 5.69 Å². The molecule has 2 aromatic carbocycles. The van der Waals surface area contributed by atoms with Crippen LogP contribution in [-0.4, -0.2) is 9.55 Å². The highest BCUT2D eigenvalue weighted by atomic mass is 35.5. The van der Waals surface area contributed by atoms with Gasteiger partial charge < -0.3 is 10.3 Å². The summed E-state index contributed by atoms with van der Waals surface area (Å²) in [4.78, 5) is 16.7. The number of fused-ring (bicyclic) bond motifs is 1. The minimum Gasteiger partial charge on any atom is -0.399 e. The lowest BCUT2D eigenvalue weighted by molar-refractivity contribution is 0.777. The maximum absolute atomic E-state index is 12.4. The van der Waals surface area contributed by atoms with Gasteiger partial charge in [0.15, 0.2) is 0 Å². The first-order chi connectivity index (χ1) is 10.1. The summed E-state index contributed by atoms with van der Waals surface area (Å²) < 4.78 is 1.68. The van der Waals surface area contributed by atoms with Gasteiger partial charge in [-0.1, -0.05) is 23.7 Å². The number of halogens is 1. The first-order valence-corrected chi connectivity index (χ1v) is 6.94. The minimum atomic E-state index is -0.118. The van der Waals surface area contributed by atoms with E-state index in [1.54, 1.807) is 29.7 Å². The highest BCUT2D eigenvalue weighted by Crippen LogP contribution is 2.21. The zero-order valence-corrected chi connectivity index (χ0v) is 12.3. The van der Waals surface area contributed by atoms with Crippen LogP contribution < -0.4 is 11.3 Å². The maximum Gasteiger partial charge on any atom is 0.272 e. The number of nitrogens with zero attached hydrogens (tertiary/aromatic N) is 2. The van der Waals surface area contributed by atoms with Crippen molar-refractivity contribution in [3.05, 3.63) is 69.1 Å². The Labute approximate surface area is 126 Å². The molecule has 3 aromatic rings. The normalized spacial score (nSPS) is 11.0. The number of para-hydroxylation sites is 2. The molecule has 0 aliphatic heterocycles. The van der Waals surface area contributed by atoms with Crippen LogP contribution in [0.1, 0.15) is 11.3 Å². The first kappa shape index (κ1) is 13.6. The topological polar surface area (TPSA) is 60.9 Å². The average molecular weight is 300 g/mol. The van der Waals surface area contributed by atoms with Crippen LogP contribution >= 0.6 is 11.6 Å². The molecule has 0 saturated heterocycles. The van der Waals surface area contributed by atoms with Crippen LogP contribution in [0.5, 0.6) is 0 Å². The Bertz CT molecular complexity index is 886. The van der Waals surface area contributed by atoms with E-state index in [0.29, 0.717) is 22.9 Å². The Morgan fingerprint density at radius 3 is 2.81 bits per heavy atom. The fourth-order valence-corrected chi connectivity index (χ4v) is 2.54. The van der Waals surface area contributed by atoms with Gasteiger partial charge in [-0.2, -0.15) is 0 Å². The smallest absolute Gasteiger partial charge is 0.272 e. The Balaban J connectivity index is 2.22. The number of nitrogens with two attached hydrogens (primary N) is 1. The molecule has 0 saturated carbocycles. The van der Waals surface area contributed by atoms with Crippen molar-refractivity contribution in [3.63, 3.8) is 0 Å². The minimum absolute atomic E-state index is 0.118. The summed E-state index contributed by atoms with van der Waals surface area (Å²) >= 11 is 6.20. The van der Waals surface area contributed by atoms with Gasteiger partial charge in [-0.15, -0.1) is 0 Å². The quantitative estimate of drug-likeness (QED) is 0.740. The molecule has 5 heteroatoms. The fourth-order valence-electron chi connectivity index (χ4n) is 2.36. The van der Waals surface area contributed by atoms with Crippen LogP contribution in [0.4, 0.5) is 5.69 Å². The monoisotopic (exact) mass is 299 g/mol. The van der Waals surface area contributed by atoms with Crippen molar-refractivity contribution in [2.24, 2.45) is 0 Å². The Kier molecular flexibility index (Phi) is 3.39. The number of hydrogen-bond donors (Lipinski definition) is 1. The predicted octanol–water partition coefficient (Wildman–Crippen LogP) is 2.99. The molecule has 0 radical (unpaired) electrons. The van der Waals surface area contributed by atoms with Crippen LogP contribution in [0.3, 0.4) is 0 Å². The molecule has 21 heavy (non-hydrogen) atoms. The van der Waals surface area contributed by atoms with Crippen LogP contribution in [0.2, 0.25) is 5.02 Å². The summed E-state index contributed by atoms with van der Waals surface area (Å²) in [5.74, 6) is 0. The number of rotatable bonds is 2. The van der Waals surface area contributed by atoms with Crippen molar-refractivity contribution >= 4 is 28.3 Å². The van der Waals surface area contributed by atoms with E-state index in [9.17, 15) is 4.79 Å². The molecule has 4 nitrogen and oxygen atoms in total. The lowest BCUT2D eigenvalue weighted by Gasteiger charge is -2.12. The van der Waals surface area contributed by atoms with Crippen LogP contribution in [-0.2, 0) is 6.54 Å². The Morgan fingerprint density at radius 1 is 1.24 bits per heavy atom. The van der Waals surface area contributed by atoms with Gasteiger partial charge >= 0.3 is 0 Å². The van der Waals surface area contributed by atoms with Crippen molar-refractivity contribution in [2.45, 2.75) is 13.5 Å². The summed E-state index contributed by atoms with van der Waals surface area (Å²) in [7, 11) is 0. The molecule has 0 atom stereocenters. The number of aryl methyl sites for hydroxylation is 1. The van der Waals surface area contributed by atoms with Crippen molar-refractivity contribution < 1.29 is 0 Å². The molecule has 0 spiro atoms. The van der Waals surface area contributed by atoms with Crippen LogP contribution in [0, 0.1) is 6.92 Å². The summed E-state index contributed by atoms with van der Waals surface area (Å²) in [6.45, 7) is 2.08. The van der Waals surface area contributed by atoms with Gasteiger partial charge in [0.05, 0.1) is 17.6 Å². The highest BCUT2D eigenvalue weighted by Gasteiger charge is 2.10. The molecule has 106 valence electrons. The maximum atomic E-state index is 12.4. The van der Waals surface area contributed by atoms with E-state index in [2.05, 4.69) is 4.98 Å². The van der Waals surface area contributed by atoms with Crippen LogP contribution in [0.15, 0.2) is 47.3 Å². The molecular weight excluding hydrogens is 286 g/mol. The number of anilines is 1. The molecule has 0 aliphatic rings. The molecule has 0 unspecified atom stereocenters. The highest BCUT2D eigenvalue weighted by molar-refractivity contribution is 6.31. The standard InChI is InChI=1S/C16H14ClN3O/c1-10-16(21)20(15-5-3-2-4-14(15)19-10)9-11-8-12(18)6-7-13(11)17/h2-8H,9,18H2,1H3. The second kappa shape index (κ2) is 5.22. The Hall–Kier alpha value is -2.33. The molecule has 0 amide bonds. The molecule has 0 fully saturated rings. The number of hydrogen-bond acceptors (Lipinski definition) is 3. The van der Waals surface area contributed by atoms with Gasteiger partial charge in [-0.3, -0.25) is 4.79 Å². The average Bonchev–Trinajstić information content (AvgIpc) is 2.47. The number of benzene rings is 2. The van der Waals surface area contributed by atoms with Gasteiger partial charge in [0.2, 0.25) is 0 Å². The third kappa shape index (κ3) is 2.50. The molecule has 0 aliphatic carbocycles. The molecule has 2 N–H and O–H groups in total. The molecular formula is C16H14ClN3O. The van der Waals surface area contributed by atoms with E-state index < -0.39 is 0 Å². The molecule has 3 rings (SSSR count). The zero-order valence-electron chi connectivity index (χ0n) is 11.5. The molecule has 0 bridgehead atoms. The summed E-state index contributed by atoms with van der Waals surface area (Å²) in [6, 6.07) is 12.8. The van der Waals surface area contributed by atoms with Crippen molar-refractivity contribution in [3.8, 4) is 0 Å². The summed E-state index contributed by atoms with van der Waals surface area (Å²) in [6.07, 6.45) is 0. The Morgan fingerprint density at radius 2 is 2.00 bits per heavy atom. The second-order valence-electron chi connectivity index (χ2n) is 4.93. The summed E-state index contributed by atoms with van der Waals surface area (Å²) in [5, 5.41) is 0.592. The van der Waals surface area contributed by atoms with E-state index >= 15 is 0 Å². The van der Waals surface area contributed by atoms with Gasteiger partial charge in [-0.25, -0.2) is 4.98 Å². The van der Waals surface area contributed by atoms with Crippen molar-refractivity contribution in [2.75, 3.05) is 5.73 Å². The van der Waals surface area contributed by atoms with E-state index in [1.807, 2.05) is 24.3 Å². The van der Waals surface area contributed by atoms with E-state index in [4.69, 9.17) is 17.3 Å². The lowest BCUT2D eigenvalue weighted by atomic mass is 10.2. The van der Waals surface area contributed by atoms with Gasteiger partial charge in [0, 0.05) is 10.7 Å². The number of aromatic nitrogens is 2. The lowest BCUT2D eigenvalue weighted by Crippen LogP contribution is -2.24. The van der Waals surface area contributed by atoms with Crippen LogP contribution in [0.25, 0.3) is 11.0 Å². The zero-order chi connectivity index (χ0) is 15.0. The predicted molar refractivity (Wildman–Crippen MR) is 85.7 cm³/mol. The third-order valence-electron chi connectivity index (χ3n) is 3.41. The fraction of sp³-hybridized carbons (Fsp3) is 0.125. The second-order valence-corrected chi connectivity index (χ2v) is 5.34. The SMILES string of the molecule is Cc1nc2ccccc2n(Cc2cc(N)ccc2Cl)c1=O. The largest absolute Gasteiger partial charge is 0.399 e.